The summed E-state index contributed by atoms with van der Waals surface area (Å²) >= 11 is 0. The van der Waals surface area contributed by atoms with E-state index in [1.165, 1.54) is 0 Å². The molecule has 0 saturated heterocycles. The lowest BCUT2D eigenvalue weighted by molar-refractivity contribution is -0.122. The summed E-state index contributed by atoms with van der Waals surface area (Å²) in [5.41, 5.74) is 0.882. The largest absolute Gasteiger partial charge is 0.326 e. The highest BCUT2D eigenvalue weighted by Crippen LogP contribution is 2.40. The highest BCUT2D eigenvalue weighted by atomic mass is 19.1. The van der Waals surface area contributed by atoms with E-state index >= 15 is 0 Å². The van der Waals surface area contributed by atoms with Crippen LogP contribution in [0.3, 0.4) is 0 Å². The van der Waals surface area contributed by atoms with Crippen LogP contribution in [0.15, 0.2) is 42.5 Å². The number of amides is 2. The van der Waals surface area contributed by atoms with Crippen LogP contribution in [0.4, 0.5) is 20.2 Å². The average Bonchev–Trinajstić information content (AvgIpc) is 3.39. The van der Waals surface area contributed by atoms with Gasteiger partial charge in [-0.15, -0.1) is 0 Å². The van der Waals surface area contributed by atoms with E-state index in [1.54, 1.807) is 24.3 Å². The lowest BCUT2D eigenvalue weighted by Gasteiger charge is -2.07. The van der Waals surface area contributed by atoms with Crippen molar-refractivity contribution in [1.29, 1.82) is 5.26 Å². The Morgan fingerprint density at radius 1 is 1.00 bits per heavy atom. The number of hydrogen-bond acceptors (Lipinski definition) is 3. The normalized spacial score (nSPS) is 18.1. The van der Waals surface area contributed by atoms with Gasteiger partial charge in [-0.2, -0.15) is 5.26 Å². The maximum atomic E-state index is 13.5. The van der Waals surface area contributed by atoms with Gasteiger partial charge in [0.2, 0.25) is 11.8 Å². The van der Waals surface area contributed by atoms with Crippen molar-refractivity contribution in [2.75, 3.05) is 10.6 Å². The molecule has 2 aromatic carbocycles. The van der Waals surface area contributed by atoms with Gasteiger partial charge in [0, 0.05) is 11.8 Å². The minimum Gasteiger partial charge on any atom is -0.326 e. The smallest absolute Gasteiger partial charge is 0.228 e. The van der Waals surface area contributed by atoms with Crippen LogP contribution in [0.1, 0.15) is 12.0 Å². The zero-order valence-corrected chi connectivity index (χ0v) is 12.9. The second-order valence-corrected chi connectivity index (χ2v) is 5.74. The molecule has 1 saturated carbocycles. The summed E-state index contributed by atoms with van der Waals surface area (Å²) in [6.07, 6.45) is 0.358. The Bertz CT molecular complexity index is 875. The molecule has 25 heavy (non-hydrogen) atoms. The molecule has 0 bridgehead atoms. The minimum atomic E-state index is -0.868. The molecule has 2 N–H and O–H groups in total. The molecule has 1 aliphatic rings. The molecule has 0 aromatic heterocycles. The maximum Gasteiger partial charge on any atom is 0.228 e. The molecule has 126 valence electrons. The van der Waals surface area contributed by atoms with Crippen molar-refractivity contribution < 1.29 is 18.4 Å². The van der Waals surface area contributed by atoms with E-state index in [0.29, 0.717) is 23.7 Å². The number of carbonyl (C=O) groups excluding carboxylic acids is 2. The summed E-state index contributed by atoms with van der Waals surface area (Å²) in [6, 6.07) is 11.2. The summed E-state index contributed by atoms with van der Waals surface area (Å²) in [5.74, 6) is -3.45. The Kier molecular flexibility index (Phi) is 4.44. The number of nitrogens with zero attached hydrogens (tertiary/aromatic N) is 1. The lowest BCUT2D eigenvalue weighted by atomic mass is 10.2. The summed E-state index contributed by atoms with van der Waals surface area (Å²) in [7, 11) is 0. The van der Waals surface area contributed by atoms with Crippen LogP contribution >= 0.6 is 0 Å². The SMILES string of the molecule is N#Cc1ccc(NC(=O)C2CC2C(=O)Nc2ccc(F)cc2F)cc1. The third-order valence-electron chi connectivity index (χ3n) is 3.93. The predicted molar refractivity (Wildman–Crippen MR) is 86.4 cm³/mol. The van der Waals surface area contributed by atoms with E-state index in [0.717, 1.165) is 12.1 Å². The van der Waals surface area contributed by atoms with Gasteiger partial charge in [-0.1, -0.05) is 0 Å². The molecule has 2 aromatic rings. The van der Waals surface area contributed by atoms with Gasteiger partial charge in [-0.3, -0.25) is 9.59 Å². The fourth-order valence-electron chi connectivity index (χ4n) is 2.45. The molecular formula is C18H13F2N3O2. The second-order valence-electron chi connectivity index (χ2n) is 5.74. The van der Waals surface area contributed by atoms with Gasteiger partial charge in [0.15, 0.2) is 0 Å². The Labute approximate surface area is 142 Å². The van der Waals surface area contributed by atoms with Crippen LogP contribution in [0, 0.1) is 34.8 Å². The first-order valence-corrected chi connectivity index (χ1v) is 7.55. The average molecular weight is 341 g/mol. The molecule has 0 aliphatic heterocycles. The fraction of sp³-hybridized carbons (Fsp3) is 0.167. The van der Waals surface area contributed by atoms with Crippen LogP contribution in [0.5, 0.6) is 0 Å². The second kappa shape index (κ2) is 6.69. The van der Waals surface area contributed by atoms with E-state index < -0.39 is 29.4 Å². The number of carbonyl (C=O) groups is 2. The Balaban J connectivity index is 1.56. The van der Waals surface area contributed by atoms with E-state index in [9.17, 15) is 18.4 Å². The van der Waals surface area contributed by atoms with E-state index in [-0.39, 0.29) is 11.6 Å². The molecule has 2 atom stereocenters. The number of rotatable bonds is 4. The van der Waals surface area contributed by atoms with Crippen molar-refractivity contribution >= 4 is 23.2 Å². The van der Waals surface area contributed by atoms with Gasteiger partial charge in [-0.05, 0) is 42.8 Å². The van der Waals surface area contributed by atoms with Crippen LogP contribution in [-0.2, 0) is 9.59 Å². The predicted octanol–water partition coefficient (Wildman–Crippen LogP) is 3.05. The molecule has 1 aliphatic carbocycles. The molecule has 5 nitrogen and oxygen atoms in total. The molecule has 2 unspecified atom stereocenters. The standard InChI is InChI=1S/C18H13F2N3O2/c19-11-3-6-16(15(20)7-11)23-18(25)14-8-13(14)17(24)22-12-4-1-10(9-21)2-5-12/h1-7,13-14H,8H2,(H,22,24)(H,23,25). The molecule has 0 spiro atoms. The van der Waals surface area contributed by atoms with Crippen molar-refractivity contribution in [3.05, 3.63) is 59.7 Å². The van der Waals surface area contributed by atoms with Crippen LogP contribution in [0.25, 0.3) is 0 Å². The monoisotopic (exact) mass is 341 g/mol. The topological polar surface area (TPSA) is 82.0 Å². The van der Waals surface area contributed by atoms with Crippen LogP contribution in [0.2, 0.25) is 0 Å². The summed E-state index contributed by atoms with van der Waals surface area (Å²) in [4.78, 5) is 24.2. The Hall–Kier alpha value is -3.27. The van der Waals surface area contributed by atoms with Crippen LogP contribution in [-0.4, -0.2) is 11.8 Å². The molecule has 0 heterocycles. The van der Waals surface area contributed by atoms with E-state index in [1.807, 2.05) is 6.07 Å². The third kappa shape index (κ3) is 3.80. The van der Waals surface area contributed by atoms with E-state index in [4.69, 9.17) is 5.26 Å². The molecule has 3 rings (SSSR count). The van der Waals surface area contributed by atoms with Crippen molar-refractivity contribution in [2.45, 2.75) is 6.42 Å². The van der Waals surface area contributed by atoms with Gasteiger partial charge >= 0.3 is 0 Å². The summed E-state index contributed by atoms with van der Waals surface area (Å²) in [6.45, 7) is 0. The fourth-order valence-corrected chi connectivity index (χ4v) is 2.45. The zero-order valence-electron chi connectivity index (χ0n) is 12.9. The third-order valence-corrected chi connectivity index (χ3v) is 3.93. The van der Waals surface area contributed by atoms with Crippen molar-refractivity contribution in [3.8, 4) is 6.07 Å². The van der Waals surface area contributed by atoms with Gasteiger partial charge in [-0.25, -0.2) is 8.78 Å². The number of anilines is 2. The first kappa shape index (κ1) is 16.6. The lowest BCUT2D eigenvalue weighted by Crippen LogP contribution is -2.21. The first-order valence-electron chi connectivity index (χ1n) is 7.55. The van der Waals surface area contributed by atoms with Gasteiger partial charge in [0.25, 0.3) is 0 Å². The van der Waals surface area contributed by atoms with Crippen molar-refractivity contribution in [3.63, 3.8) is 0 Å². The first-order chi connectivity index (χ1) is 12.0. The molecule has 2 amide bonds. The minimum absolute atomic E-state index is 0.121. The molecule has 1 fully saturated rings. The van der Waals surface area contributed by atoms with Crippen molar-refractivity contribution in [1.82, 2.24) is 0 Å². The Morgan fingerprint density at radius 2 is 1.64 bits per heavy atom. The Morgan fingerprint density at radius 3 is 2.24 bits per heavy atom. The maximum absolute atomic E-state index is 13.5. The van der Waals surface area contributed by atoms with E-state index in [2.05, 4.69) is 10.6 Å². The number of halogens is 2. The molecule has 0 radical (unpaired) electrons. The van der Waals surface area contributed by atoms with Crippen molar-refractivity contribution in [2.24, 2.45) is 11.8 Å². The molecular weight excluding hydrogens is 328 g/mol. The number of nitriles is 1. The number of benzene rings is 2. The van der Waals surface area contributed by atoms with Gasteiger partial charge < -0.3 is 10.6 Å². The van der Waals surface area contributed by atoms with Gasteiger partial charge in [0.05, 0.1) is 29.2 Å². The summed E-state index contributed by atoms with van der Waals surface area (Å²) in [5, 5.41) is 13.8. The number of nitrogens with one attached hydrogen (secondary N) is 2. The highest BCUT2D eigenvalue weighted by Gasteiger charge is 2.48. The highest BCUT2D eigenvalue weighted by molar-refractivity contribution is 6.03. The van der Waals surface area contributed by atoms with Gasteiger partial charge in [0.1, 0.15) is 11.6 Å². The number of hydrogen-bond donors (Lipinski definition) is 2. The summed E-state index contributed by atoms with van der Waals surface area (Å²) < 4.78 is 26.4. The zero-order chi connectivity index (χ0) is 18.0. The quantitative estimate of drug-likeness (QED) is 0.897. The van der Waals surface area contributed by atoms with Crippen LogP contribution < -0.4 is 10.6 Å². The molecule has 7 heteroatoms.